The average molecular weight is 360 g/mol. The van der Waals surface area contributed by atoms with Crippen molar-refractivity contribution in [1.82, 2.24) is 0 Å². The van der Waals surface area contributed by atoms with Gasteiger partial charge >= 0.3 is 0 Å². The van der Waals surface area contributed by atoms with Gasteiger partial charge in [-0.05, 0) is 36.2 Å². The Morgan fingerprint density at radius 3 is 2.26 bits per heavy atom. The zero-order valence-corrected chi connectivity index (χ0v) is 15.0. The van der Waals surface area contributed by atoms with E-state index in [9.17, 15) is 9.18 Å². The maximum atomic E-state index is 13.5. The first-order valence-electron chi connectivity index (χ1n) is 8.56. The zero-order valence-electron chi connectivity index (χ0n) is 15.0. The van der Waals surface area contributed by atoms with E-state index in [1.807, 2.05) is 43.3 Å². The van der Waals surface area contributed by atoms with E-state index in [0.717, 1.165) is 11.1 Å². The average Bonchev–Trinajstić information content (AvgIpc) is 2.70. The fourth-order valence-corrected chi connectivity index (χ4v) is 3.24. The molecule has 4 aromatic rings. The van der Waals surface area contributed by atoms with Crippen molar-refractivity contribution < 1.29 is 13.5 Å². The van der Waals surface area contributed by atoms with Crippen LogP contribution in [0.5, 0.6) is 5.75 Å². The molecule has 0 radical (unpaired) electrons. The summed E-state index contributed by atoms with van der Waals surface area (Å²) in [4.78, 5) is 13.5. The third-order valence-electron chi connectivity index (χ3n) is 4.59. The Morgan fingerprint density at radius 1 is 0.889 bits per heavy atom. The molecular weight excluding hydrogens is 343 g/mol. The lowest BCUT2D eigenvalue weighted by molar-refractivity contribution is 0.418. The first-order chi connectivity index (χ1) is 13.1. The Labute approximate surface area is 155 Å². The van der Waals surface area contributed by atoms with Gasteiger partial charge in [-0.15, -0.1) is 0 Å². The number of ether oxygens (including phenoxy) is 1. The number of fused-ring (bicyclic) bond motifs is 1. The summed E-state index contributed by atoms with van der Waals surface area (Å²) < 4.78 is 25.1. The van der Waals surface area contributed by atoms with Crippen LogP contribution < -0.4 is 10.2 Å². The molecular formula is C23H17FO3. The minimum absolute atomic E-state index is 0.206. The van der Waals surface area contributed by atoms with Crippen LogP contribution in [0.25, 0.3) is 33.4 Å². The Kier molecular flexibility index (Phi) is 4.24. The van der Waals surface area contributed by atoms with Gasteiger partial charge in [-0.1, -0.05) is 48.5 Å². The minimum Gasteiger partial charge on any atom is -0.496 e. The molecule has 3 nitrogen and oxygen atoms in total. The zero-order chi connectivity index (χ0) is 19.0. The van der Waals surface area contributed by atoms with E-state index in [4.69, 9.17) is 9.15 Å². The fraction of sp³-hybridized carbons (Fsp3) is 0.0870. The van der Waals surface area contributed by atoms with E-state index in [-0.39, 0.29) is 11.2 Å². The molecule has 0 saturated carbocycles. The van der Waals surface area contributed by atoms with Crippen molar-refractivity contribution >= 4 is 11.0 Å². The van der Waals surface area contributed by atoms with Crippen LogP contribution in [0.3, 0.4) is 0 Å². The van der Waals surface area contributed by atoms with Crippen molar-refractivity contribution in [1.29, 1.82) is 0 Å². The molecule has 0 spiro atoms. The third-order valence-corrected chi connectivity index (χ3v) is 4.59. The summed E-state index contributed by atoms with van der Waals surface area (Å²) >= 11 is 0. The van der Waals surface area contributed by atoms with E-state index >= 15 is 0 Å². The summed E-state index contributed by atoms with van der Waals surface area (Å²) in [6, 6.07) is 18.9. The van der Waals surface area contributed by atoms with Gasteiger partial charge in [0.1, 0.15) is 28.3 Å². The second-order valence-corrected chi connectivity index (χ2v) is 6.30. The van der Waals surface area contributed by atoms with Gasteiger partial charge in [-0.2, -0.15) is 0 Å². The van der Waals surface area contributed by atoms with Crippen molar-refractivity contribution in [2.75, 3.05) is 7.11 Å². The molecule has 4 heteroatoms. The van der Waals surface area contributed by atoms with Crippen LogP contribution >= 0.6 is 0 Å². The normalized spacial score (nSPS) is 10.9. The molecule has 0 aliphatic heterocycles. The smallest absolute Gasteiger partial charge is 0.204 e. The lowest BCUT2D eigenvalue weighted by Crippen LogP contribution is -2.09. The molecule has 0 atom stereocenters. The maximum Gasteiger partial charge on any atom is 0.204 e. The van der Waals surface area contributed by atoms with Gasteiger partial charge in [-0.25, -0.2) is 4.39 Å². The van der Waals surface area contributed by atoms with Gasteiger partial charge < -0.3 is 9.15 Å². The topological polar surface area (TPSA) is 39.4 Å². The Morgan fingerprint density at radius 2 is 1.59 bits per heavy atom. The highest BCUT2D eigenvalue weighted by Crippen LogP contribution is 2.36. The minimum atomic E-state index is -0.362. The number of halogens is 1. The first kappa shape index (κ1) is 17.0. The van der Waals surface area contributed by atoms with E-state index in [0.29, 0.717) is 33.6 Å². The molecule has 0 amide bonds. The van der Waals surface area contributed by atoms with E-state index in [2.05, 4.69) is 0 Å². The van der Waals surface area contributed by atoms with Gasteiger partial charge in [-0.3, -0.25) is 4.79 Å². The monoisotopic (exact) mass is 360 g/mol. The van der Waals surface area contributed by atoms with Gasteiger partial charge in [0, 0.05) is 5.56 Å². The van der Waals surface area contributed by atoms with Crippen LogP contribution in [0.1, 0.15) is 5.56 Å². The second kappa shape index (κ2) is 6.72. The standard InChI is InChI=1S/C23H17FO3/c1-14-8-13-18(26-2)20-21(25)19(15-9-11-17(24)12-10-15)23(27-22(14)20)16-6-4-3-5-7-16/h3-13H,1-2H3. The predicted octanol–water partition coefficient (Wildman–Crippen LogP) is 5.58. The highest BCUT2D eigenvalue weighted by molar-refractivity contribution is 5.93. The van der Waals surface area contributed by atoms with Crippen LogP contribution in [-0.4, -0.2) is 7.11 Å². The quantitative estimate of drug-likeness (QED) is 0.478. The van der Waals surface area contributed by atoms with Crippen molar-refractivity contribution in [2.45, 2.75) is 6.92 Å². The number of benzene rings is 3. The summed E-state index contributed by atoms with van der Waals surface area (Å²) in [5, 5.41) is 0.386. The summed E-state index contributed by atoms with van der Waals surface area (Å²) in [6.45, 7) is 1.89. The van der Waals surface area contributed by atoms with Crippen molar-refractivity contribution in [3.8, 4) is 28.2 Å². The van der Waals surface area contributed by atoms with Crippen LogP contribution in [0.2, 0.25) is 0 Å². The molecule has 0 unspecified atom stereocenters. The number of hydrogen-bond acceptors (Lipinski definition) is 3. The predicted molar refractivity (Wildman–Crippen MR) is 105 cm³/mol. The largest absolute Gasteiger partial charge is 0.496 e. The van der Waals surface area contributed by atoms with Crippen LogP contribution in [-0.2, 0) is 0 Å². The molecule has 1 heterocycles. The van der Waals surface area contributed by atoms with Crippen LogP contribution in [0.4, 0.5) is 4.39 Å². The summed E-state index contributed by atoms with van der Waals surface area (Å²) in [6.07, 6.45) is 0. The van der Waals surface area contributed by atoms with Crippen molar-refractivity contribution in [3.63, 3.8) is 0 Å². The molecule has 0 aliphatic rings. The molecule has 4 rings (SSSR count). The summed E-state index contributed by atoms with van der Waals surface area (Å²) in [5.41, 5.74) is 2.88. The molecule has 27 heavy (non-hydrogen) atoms. The van der Waals surface area contributed by atoms with Gasteiger partial charge in [0.05, 0.1) is 12.7 Å². The van der Waals surface area contributed by atoms with Gasteiger partial charge in [0.15, 0.2) is 0 Å². The van der Waals surface area contributed by atoms with Crippen LogP contribution in [0, 0.1) is 12.7 Å². The van der Waals surface area contributed by atoms with Gasteiger partial charge in [0.2, 0.25) is 5.43 Å². The molecule has 3 aromatic carbocycles. The molecule has 0 fully saturated rings. The van der Waals surface area contributed by atoms with Crippen molar-refractivity contribution in [2.24, 2.45) is 0 Å². The Balaban J connectivity index is 2.17. The highest BCUT2D eigenvalue weighted by Gasteiger charge is 2.21. The number of rotatable bonds is 3. The molecule has 1 aromatic heterocycles. The lowest BCUT2D eigenvalue weighted by atomic mass is 9.97. The highest BCUT2D eigenvalue weighted by atomic mass is 19.1. The fourth-order valence-electron chi connectivity index (χ4n) is 3.24. The Bertz CT molecular complexity index is 1180. The Hall–Kier alpha value is -3.40. The molecule has 0 N–H and O–H groups in total. The van der Waals surface area contributed by atoms with Gasteiger partial charge in [0.25, 0.3) is 0 Å². The van der Waals surface area contributed by atoms with E-state index < -0.39 is 0 Å². The molecule has 134 valence electrons. The number of aryl methyl sites for hydroxylation is 1. The van der Waals surface area contributed by atoms with E-state index in [1.54, 1.807) is 18.2 Å². The first-order valence-corrected chi connectivity index (χ1v) is 8.56. The summed E-state index contributed by atoms with van der Waals surface area (Å²) in [5.74, 6) is 0.544. The molecule has 0 aliphatic carbocycles. The number of hydrogen-bond donors (Lipinski definition) is 0. The third kappa shape index (κ3) is 2.89. The SMILES string of the molecule is COc1ccc(C)c2oc(-c3ccccc3)c(-c3ccc(F)cc3)c(=O)c12. The molecule has 0 bridgehead atoms. The van der Waals surface area contributed by atoms with E-state index in [1.165, 1.54) is 19.2 Å². The van der Waals surface area contributed by atoms with Crippen LogP contribution in [0.15, 0.2) is 75.9 Å². The lowest BCUT2D eigenvalue weighted by Gasteiger charge is -2.13. The second-order valence-electron chi connectivity index (χ2n) is 6.30. The molecule has 0 saturated heterocycles. The number of methoxy groups -OCH3 is 1. The van der Waals surface area contributed by atoms with Crippen molar-refractivity contribution in [3.05, 3.63) is 88.3 Å². The maximum absolute atomic E-state index is 13.5. The summed E-state index contributed by atoms with van der Waals surface area (Å²) in [7, 11) is 1.52.